The van der Waals surface area contributed by atoms with Crippen LogP contribution in [0.1, 0.15) is 37.2 Å². The fourth-order valence-corrected chi connectivity index (χ4v) is 3.10. The van der Waals surface area contributed by atoms with E-state index < -0.39 is 0 Å². The van der Waals surface area contributed by atoms with Crippen LogP contribution < -0.4 is 4.74 Å². The molecule has 22 heavy (non-hydrogen) atoms. The highest BCUT2D eigenvalue weighted by Crippen LogP contribution is 2.27. The molecule has 0 saturated carbocycles. The molecule has 0 aliphatic carbocycles. The van der Waals surface area contributed by atoms with Gasteiger partial charge in [-0.25, -0.2) is 9.97 Å². The van der Waals surface area contributed by atoms with Crippen LogP contribution in [0.3, 0.4) is 0 Å². The minimum absolute atomic E-state index is 0.0844. The predicted octanol–water partition coefficient (Wildman–Crippen LogP) is 4.88. The Balaban J connectivity index is 1.82. The van der Waals surface area contributed by atoms with Crippen molar-refractivity contribution in [2.45, 2.75) is 39.7 Å². The number of pyridine rings is 1. The molecule has 4 heteroatoms. The van der Waals surface area contributed by atoms with Gasteiger partial charge in [0, 0.05) is 21.9 Å². The van der Waals surface area contributed by atoms with E-state index in [-0.39, 0.29) is 5.41 Å². The first-order valence-electron chi connectivity index (χ1n) is 7.37. The number of ether oxygens (including phenoxy) is 1. The molecule has 0 unspecified atom stereocenters. The Morgan fingerprint density at radius 2 is 1.91 bits per heavy atom. The highest BCUT2D eigenvalue weighted by Gasteiger charge is 2.18. The van der Waals surface area contributed by atoms with Gasteiger partial charge in [-0.3, -0.25) is 0 Å². The van der Waals surface area contributed by atoms with Crippen molar-refractivity contribution in [3.05, 3.63) is 52.1 Å². The highest BCUT2D eigenvalue weighted by atomic mass is 32.1. The van der Waals surface area contributed by atoms with Gasteiger partial charge in [0.05, 0.1) is 10.7 Å². The van der Waals surface area contributed by atoms with Crippen LogP contribution >= 0.6 is 11.3 Å². The number of para-hydroxylation sites is 1. The van der Waals surface area contributed by atoms with Gasteiger partial charge in [-0.1, -0.05) is 39.0 Å². The van der Waals surface area contributed by atoms with Gasteiger partial charge in [0.15, 0.2) is 0 Å². The van der Waals surface area contributed by atoms with Crippen molar-refractivity contribution in [1.29, 1.82) is 0 Å². The second kappa shape index (κ2) is 5.69. The lowest BCUT2D eigenvalue weighted by Gasteiger charge is -2.13. The molecule has 0 spiro atoms. The van der Waals surface area contributed by atoms with E-state index in [4.69, 9.17) is 4.74 Å². The summed E-state index contributed by atoms with van der Waals surface area (Å²) in [4.78, 5) is 9.26. The summed E-state index contributed by atoms with van der Waals surface area (Å²) in [6.45, 7) is 8.99. The lowest BCUT2D eigenvalue weighted by molar-refractivity contribution is 0.304. The SMILES string of the molecule is Cc1ccc2cccc(OCc3csc(C(C)(C)C)n3)c2n1. The maximum Gasteiger partial charge on any atom is 0.146 e. The number of rotatable bonds is 3. The molecule has 1 aromatic carbocycles. The van der Waals surface area contributed by atoms with Crippen LogP contribution in [0.15, 0.2) is 35.7 Å². The van der Waals surface area contributed by atoms with E-state index in [1.807, 2.05) is 25.1 Å². The Morgan fingerprint density at radius 3 is 2.64 bits per heavy atom. The molecule has 2 heterocycles. The van der Waals surface area contributed by atoms with Crippen molar-refractivity contribution >= 4 is 22.2 Å². The standard InChI is InChI=1S/C18H20N2OS/c1-12-8-9-13-6-5-7-15(16(13)19-12)21-10-14-11-22-17(20-14)18(2,3)4/h5-9,11H,10H2,1-4H3. The van der Waals surface area contributed by atoms with Crippen molar-refractivity contribution in [1.82, 2.24) is 9.97 Å². The first kappa shape index (κ1) is 15.0. The second-order valence-electron chi connectivity index (χ2n) is 6.46. The number of nitrogens with zero attached hydrogens (tertiary/aromatic N) is 2. The summed E-state index contributed by atoms with van der Waals surface area (Å²) in [7, 11) is 0. The quantitative estimate of drug-likeness (QED) is 0.691. The largest absolute Gasteiger partial charge is 0.485 e. The Labute approximate surface area is 135 Å². The molecule has 114 valence electrons. The fraction of sp³-hybridized carbons (Fsp3) is 0.333. The van der Waals surface area contributed by atoms with Gasteiger partial charge >= 0.3 is 0 Å². The Hall–Kier alpha value is -1.94. The molecule has 0 amide bonds. The maximum atomic E-state index is 5.97. The molecule has 3 aromatic rings. The lowest BCUT2D eigenvalue weighted by Crippen LogP contribution is -2.10. The van der Waals surface area contributed by atoms with Gasteiger partial charge in [0.1, 0.15) is 17.9 Å². The van der Waals surface area contributed by atoms with E-state index >= 15 is 0 Å². The molecule has 2 aromatic heterocycles. The predicted molar refractivity (Wildman–Crippen MR) is 91.6 cm³/mol. The fourth-order valence-electron chi connectivity index (χ4n) is 2.20. The van der Waals surface area contributed by atoms with Gasteiger partial charge in [0.2, 0.25) is 0 Å². The zero-order valence-corrected chi connectivity index (χ0v) is 14.2. The summed E-state index contributed by atoms with van der Waals surface area (Å²) in [5, 5.41) is 4.31. The van der Waals surface area contributed by atoms with E-state index in [2.05, 4.69) is 48.3 Å². The molecular formula is C18H20N2OS. The molecule has 0 fully saturated rings. The highest BCUT2D eigenvalue weighted by molar-refractivity contribution is 7.09. The monoisotopic (exact) mass is 312 g/mol. The number of benzene rings is 1. The number of hydrogen-bond donors (Lipinski definition) is 0. The second-order valence-corrected chi connectivity index (χ2v) is 7.32. The van der Waals surface area contributed by atoms with Crippen molar-refractivity contribution in [2.24, 2.45) is 0 Å². The summed E-state index contributed by atoms with van der Waals surface area (Å²) in [5.74, 6) is 0.812. The molecule has 0 saturated heterocycles. The van der Waals surface area contributed by atoms with Crippen LogP contribution in [0.2, 0.25) is 0 Å². The summed E-state index contributed by atoms with van der Waals surface area (Å²) >= 11 is 1.69. The molecule has 0 radical (unpaired) electrons. The minimum Gasteiger partial charge on any atom is -0.485 e. The van der Waals surface area contributed by atoms with Crippen LogP contribution in [-0.4, -0.2) is 9.97 Å². The van der Waals surface area contributed by atoms with E-state index in [1.165, 1.54) is 0 Å². The Morgan fingerprint density at radius 1 is 1.09 bits per heavy atom. The minimum atomic E-state index is 0.0844. The van der Waals surface area contributed by atoms with Gasteiger partial charge in [0.25, 0.3) is 0 Å². The van der Waals surface area contributed by atoms with Crippen molar-refractivity contribution in [2.75, 3.05) is 0 Å². The first-order chi connectivity index (χ1) is 10.4. The molecule has 3 rings (SSSR count). The van der Waals surface area contributed by atoms with Gasteiger partial charge in [-0.15, -0.1) is 11.3 Å². The summed E-state index contributed by atoms with van der Waals surface area (Å²) in [6, 6.07) is 10.1. The average Bonchev–Trinajstić information content (AvgIpc) is 2.94. The number of fused-ring (bicyclic) bond motifs is 1. The third-order valence-corrected chi connectivity index (χ3v) is 4.71. The van der Waals surface area contributed by atoms with Crippen LogP contribution in [0.25, 0.3) is 10.9 Å². The Bertz CT molecular complexity index is 802. The number of aryl methyl sites for hydroxylation is 1. The Kier molecular flexibility index (Phi) is 3.87. The molecule has 0 aliphatic heterocycles. The number of thiazole rings is 1. The van der Waals surface area contributed by atoms with Crippen LogP contribution in [0.4, 0.5) is 0 Å². The maximum absolute atomic E-state index is 5.97. The zero-order chi connectivity index (χ0) is 15.7. The van der Waals surface area contributed by atoms with Crippen LogP contribution in [-0.2, 0) is 12.0 Å². The third kappa shape index (κ3) is 3.12. The first-order valence-corrected chi connectivity index (χ1v) is 8.25. The molecule has 0 N–H and O–H groups in total. The van der Waals surface area contributed by atoms with Crippen molar-refractivity contribution < 1.29 is 4.74 Å². The normalized spacial score (nSPS) is 11.8. The van der Waals surface area contributed by atoms with E-state index in [0.29, 0.717) is 6.61 Å². The van der Waals surface area contributed by atoms with Crippen LogP contribution in [0, 0.1) is 6.92 Å². The summed E-state index contributed by atoms with van der Waals surface area (Å²) in [5.41, 5.74) is 2.96. The van der Waals surface area contributed by atoms with E-state index in [9.17, 15) is 0 Å². The van der Waals surface area contributed by atoms with Gasteiger partial charge in [-0.05, 0) is 19.1 Å². The number of hydrogen-bond acceptors (Lipinski definition) is 4. The lowest BCUT2D eigenvalue weighted by atomic mass is 9.98. The number of aromatic nitrogens is 2. The van der Waals surface area contributed by atoms with E-state index in [1.54, 1.807) is 11.3 Å². The van der Waals surface area contributed by atoms with Crippen molar-refractivity contribution in [3.63, 3.8) is 0 Å². The summed E-state index contributed by atoms with van der Waals surface area (Å²) in [6.07, 6.45) is 0. The molecule has 3 nitrogen and oxygen atoms in total. The van der Waals surface area contributed by atoms with Gasteiger partial charge < -0.3 is 4.74 Å². The van der Waals surface area contributed by atoms with Gasteiger partial charge in [-0.2, -0.15) is 0 Å². The zero-order valence-electron chi connectivity index (χ0n) is 13.4. The average molecular weight is 312 g/mol. The third-order valence-electron chi connectivity index (χ3n) is 3.39. The van der Waals surface area contributed by atoms with Crippen LogP contribution in [0.5, 0.6) is 5.75 Å². The molecular weight excluding hydrogens is 292 g/mol. The molecule has 0 atom stereocenters. The summed E-state index contributed by atoms with van der Waals surface area (Å²) < 4.78 is 5.97. The molecule has 0 bridgehead atoms. The smallest absolute Gasteiger partial charge is 0.146 e. The topological polar surface area (TPSA) is 35.0 Å². The van der Waals surface area contributed by atoms with E-state index in [0.717, 1.165) is 33.0 Å². The molecule has 0 aliphatic rings. The van der Waals surface area contributed by atoms with Crippen molar-refractivity contribution in [3.8, 4) is 5.75 Å².